The maximum Gasteiger partial charge on any atom is 0.268 e. The van der Waals surface area contributed by atoms with E-state index >= 15 is 0 Å². The molecule has 2 aromatic carbocycles. The Bertz CT molecular complexity index is 2390. The number of hydrogen-bond acceptors (Lipinski definition) is 11. The summed E-state index contributed by atoms with van der Waals surface area (Å²) in [7, 11) is 1.56. The molecule has 0 radical (unpaired) electrons. The number of rotatable bonds is 11. The van der Waals surface area contributed by atoms with Crippen LogP contribution >= 0.6 is 0 Å². The fourth-order valence-corrected chi connectivity index (χ4v) is 5.59. The average Bonchev–Trinajstić information content (AvgIpc) is 3.80. The van der Waals surface area contributed by atoms with Gasteiger partial charge in [0.05, 0.1) is 47.9 Å². The Morgan fingerprint density at radius 3 is 2.37 bits per heavy atom. The molecule has 0 atom stereocenters. The van der Waals surface area contributed by atoms with Crippen LogP contribution in [-0.4, -0.2) is 67.0 Å². The molecule has 1 fully saturated rings. The van der Waals surface area contributed by atoms with Crippen molar-refractivity contribution in [1.82, 2.24) is 45.5 Å². The third kappa shape index (κ3) is 6.86. The van der Waals surface area contributed by atoms with Crippen molar-refractivity contribution in [1.29, 1.82) is 0 Å². The van der Waals surface area contributed by atoms with Crippen molar-refractivity contribution in [3.8, 4) is 11.6 Å². The summed E-state index contributed by atoms with van der Waals surface area (Å²) in [6, 6.07) is 20.4. The van der Waals surface area contributed by atoms with Gasteiger partial charge >= 0.3 is 0 Å². The van der Waals surface area contributed by atoms with E-state index in [2.05, 4.69) is 46.2 Å². The van der Waals surface area contributed by atoms with Gasteiger partial charge in [0.15, 0.2) is 0 Å². The summed E-state index contributed by atoms with van der Waals surface area (Å²) in [5, 5.41) is 13.5. The molecule has 6 N–H and O–H groups in total. The van der Waals surface area contributed by atoms with Crippen LogP contribution in [0.1, 0.15) is 38.2 Å². The van der Waals surface area contributed by atoms with E-state index < -0.39 is 0 Å². The van der Waals surface area contributed by atoms with Gasteiger partial charge in [-0.25, -0.2) is 24.9 Å². The third-order valence-electron chi connectivity index (χ3n) is 8.33. The average molecular weight is 682 g/mol. The Kier molecular flexibility index (Phi) is 8.35. The summed E-state index contributed by atoms with van der Waals surface area (Å²) >= 11 is 0. The standard InChI is InChI=1S/C36H31N11O4/c1-37-33(48)29-11-24(16-39-29)44-36-46-28-10-20(22-18-50-19-22)6-8-26(28)31(47-36)17-41-34(49)30-12-23(15-40-30)43-35-42-14-21-5-7-25(13-27(21)45-35)51-32-4-2-3-9-38-32/h2-16,22,39-40H,17-19H2,1H3,(H,37,48)(H,41,49)(H,42,43,45)(H,44,46,47). The van der Waals surface area contributed by atoms with Gasteiger partial charge in [0.25, 0.3) is 11.8 Å². The molecule has 2 amide bonds. The molecule has 6 heterocycles. The van der Waals surface area contributed by atoms with Crippen LogP contribution in [0.25, 0.3) is 21.8 Å². The smallest absolute Gasteiger partial charge is 0.268 e. The molecule has 1 aliphatic rings. The lowest BCUT2D eigenvalue weighted by atomic mass is 9.96. The highest BCUT2D eigenvalue weighted by molar-refractivity contribution is 5.94. The lowest BCUT2D eigenvalue weighted by Crippen LogP contribution is -2.25. The molecule has 0 aliphatic carbocycles. The van der Waals surface area contributed by atoms with Crippen molar-refractivity contribution >= 4 is 56.9 Å². The van der Waals surface area contributed by atoms with Gasteiger partial charge in [0.2, 0.25) is 17.8 Å². The largest absolute Gasteiger partial charge is 0.439 e. The van der Waals surface area contributed by atoms with Gasteiger partial charge < -0.3 is 40.7 Å². The number of fused-ring (bicyclic) bond motifs is 2. The molecule has 0 unspecified atom stereocenters. The second-order valence-corrected chi connectivity index (χ2v) is 11.8. The maximum atomic E-state index is 13.3. The van der Waals surface area contributed by atoms with Crippen LogP contribution in [0.2, 0.25) is 0 Å². The second-order valence-electron chi connectivity index (χ2n) is 11.8. The number of H-pyrrole nitrogens is 2. The Hall–Kier alpha value is -6.87. The molecule has 1 aliphatic heterocycles. The zero-order valence-corrected chi connectivity index (χ0v) is 27.2. The quantitative estimate of drug-likeness (QED) is 0.104. The highest BCUT2D eigenvalue weighted by Crippen LogP contribution is 2.29. The first-order valence-corrected chi connectivity index (χ1v) is 16.1. The van der Waals surface area contributed by atoms with Crippen molar-refractivity contribution in [3.63, 3.8) is 0 Å². The molecule has 5 aromatic heterocycles. The van der Waals surface area contributed by atoms with Crippen LogP contribution in [0.15, 0.2) is 91.5 Å². The minimum Gasteiger partial charge on any atom is -0.439 e. The van der Waals surface area contributed by atoms with Crippen molar-refractivity contribution in [2.75, 3.05) is 30.9 Å². The number of aromatic amines is 2. The molecular weight excluding hydrogens is 650 g/mol. The van der Waals surface area contributed by atoms with Crippen molar-refractivity contribution in [2.45, 2.75) is 12.5 Å². The van der Waals surface area contributed by atoms with Crippen LogP contribution in [0.4, 0.5) is 23.3 Å². The van der Waals surface area contributed by atoms with Gasteiger partial charge in [0.1, 0.15) is 17.1 Å². The number of aromatic nitrogens is 7. The lowest BCUT2D eigenvalue weighted by molar-refractivity contribution is 0.00847. The first-order valence-electron chi connectivity index (χ1n) is 16.1. The number of hydrogen-bond donors (Lipinski definition) is 6. The van der Waals surface area contributed by atoms with Crippen molar-refractivity contribution < 1.29 is 19.1 Å². The highest BCUT2D eigenvalue weighted by Gasteiger charge is 2.22. The summed E-state index contributed by atoms with van der Waals surface area (Å²) in [6.07, 6.45) is 6.71. The zero-order valence-electron chi connectivity index (χ0n) is 27.2. The maximum absolute atomic E-state index is 13.3. The highest BCUT2D eigenvalue weighted by atomic mass is 16.5. The van der Waals surface area contributed by atoms with Gasteiger partial charge in [-0.15, -0.1) is 0 Å². The first kappa shape index (κ1) is 31.4. The molecule has 0 saturated carbocycles. The summed E-state index contributed by atoms with van der Waals surface area (Å²) < 4.78 is 11.2. The van der Waals surface area contributed by atoms with E-state index in [-0.39, 0.29) is 18.4 Å². The van der Waals surface area contributed by atoms with E-state index in [9.17, 15) is 9.59 Å². The molecule has 254 valence electrons. The number of carbonyl (C=O) groups is 2. The molecule has 0 bridgehead atoms. The molecule has 0 spiro atoms. The van der Waals surface area contributed by atoms with Gasteiger partial charge in [-0.3, -0.25) is 9.59 Å². The van der Waals surface area contributed by atoms with Gasteiger partial charge in [0, 0.05) is 60.7 Å². The number of nitrogens with one attached hydrogen (secondary N) is 6. The molecule has 7 aromatic rings. The first-order chi connectivity index (χ1) is 25.0. The molecular formula is C36H31N11O4. The summed E-state index contributed by atoms with van der Waals surface area (Å²) in [4.78, 5) is 54.0. The van der Waals surface area contributed by atoms with E-state index in [1.807, 2.05) is 48.5 Å². The van der Waals surface area contributed by atoms with E-state index in [0.29, 0.717) is 76.6 Å². The Morgan fingerprint density at radius 1 is 0.843 bits per heavy atom. The van der Waals surface area contributed by atoms with Crippen LogP contribution in [-0.2, 0) is 11.3 Å². The Morgan fingerprint density at radius 2 is 1.63 bits per heavy atom. The van der Waals surface area contributed by atoms with Crippen LogP contribution in [0.3, 0.4) is 0 Å². The topological polar surface area (TPSA) is 197 Å². The van der Waals surface area contributed by atoms with Crippen molar-refractivity contribution in [2.24, 2.45) is 0 Å². The molecule has 8 rings (SSSR count). The zero-order chi connectivity index (χ0) is 34.7. The number of nitrogens with zero attached hydrogens (tertiary/aromatic N) is 5. The summed E-state index contributed by atoms with van der Waals surface area (Å²) in [5.41, 5.74) is 5.10. The van der Waals surface area contributed by atoms with Crippen LogP contribution < -0.4 is 26.0 Å². The number of carbonyl (C=O) groups excluding carboxylic acids is 2. The van der Waals surface area contributed by atoms with Crippen LogP contribution in [0.5, 0.6) is 11.6 Å². The predicted molar refractivity (Wildman–Crippen MR) is 190 cm³/mol. The minimum absolute atomic E-state index is 0.132. The fraction of sp³-hybridized carbons (Fsp3) is 0.139. The van der Waals surface area contributed by atoms with E-state index in [1.54, 1.807) is 50.0 Å². The minimum atomic E-state index is -0.329. The van der Waals surface area contributed by atoms with E-state index in [1.165, 1.54) is 0 Å². The Balaban J connectivity index is 0.975. The number of amides is 2. The van der Waals surface area contributed by atoms with Gasteiger partial charge in [-0.2, -0.15) is 0 Å². The molecule has 1 saturated heterocycles. The van der Waals surface area contributed by atoms with Gasteiger partial charge in [-0.1, -0.05) is 18.2 Å². The normalized spacial score (nSPS) is 12.7. The molecule has 51 heavy (non-hydrogen) atoms. The Labute approximate surface area is 290 Å². The number of ether oxygens (including phenoxy) is 2. The van der Waals surface area contributed by atoms with Gasteiger partial charge in [-0.05, 0) is 42.0 Å². The van der Waals surface area contributed by atoms with Crippen molar-refractivity contribution in [3.05, 3.63) is 114 Å². The predicted octanol–water partition coefficient (Wildman–Crippen LogP) is 5.31. The molecule has 15 nitrogen and oxygen atoms in total. The number of anilines is 4. The number of benzene rings is 2. The monoisotopic (exact) mass is 681 g/mol. The van der Waals surface area contributed by atoms with E-state index in [0.717, 1.165) is 21.9 Å². The summed E-state index contributed by atoms with van der Waals surface area (Å²) in [6.45, 7) is 1.46. The lowest BCUT2D eigenvalue weighted by Gasteiger charge is -2.26. The second kappa shape index (κ2) is 13.6. The fourth-order valence-electron chi connectivity index (χ4n) is 5.59. The number of pyridine rings is 1. The van der Waals surface area contributed by atoms with Crippen LogP contribution in [0, 0.1) is 0 Å². The van der Waals surface area contributed by atoms with E-state index in [4.69, 9.17) is 19.4 Å². The summed E-state index contributed by atoms with van der Waals surface area (Å²) in [5.74, 6) is 1.50. The third-order valence-corrected chi connectivity index (χ3v) is 8.33. The SMILES string of the molecule is CNC(=O)c1cc(Nc2nc(CNC(=O)c3cc(Nc4ncc5ccc(Oc6ccccn6)cc5n4)c[nH]3)c3ccc(C4COC4)cc3n2)c[nH]1. The molecule has 15 heteroatoms.